The van der Waals surface area contributed by atoms with E-state index in [1.165, 1.54) is 0 Å². The minimum atomic E-state index is -0.336. The van der Waals surface area contributed by atoms with Crippen molar-refractivity contribution in [2.45, 2.75) is 13.8 Å². The molecule has 2 rings (SSSR count). The second-order valence-corrected chi connectivity index (χ2v) is 5.03. The van der Waals surface area contributed by atoms with E-state index in [-0.39, 0.29) is 5.91 Å². The Bertz CT molecular complexity index is 650. The summed E-state index contributed by atoms with van der Waals surface area (Å²) in [6.45, 7) is 3.71. The fraction of sp³-hybridized carbons (Fsp3) is 0.154. The third-order valence-corrected chi connectivity index (χ3v) is 3.51. The van der Waals surface area contributed by atoms with Gasteiger partial charge in [0.2, 0.25) is 0 Å². The van der Waals surface area contributed by atoms with Crippen molar-refractivity contribution in [2.24, 2.45) is 5.84 Å². The van der Waals surface area contributed by atoms with Gasteiger partial charge in [0.15, 0.2) is 0 Å². The van der Waals surface area contributed by atoms with Crippen LogP contribution in [0.4, 0.5) is 0 Å². The summed E-state index contributed by atoms with van der Waals surface area (Å²) < 4.78 is 1.87. The first-order valence-electron chi connectivity index (χ1n) is 5.61. The van der Waals surface area contributed by atoms with E-state index < -0.39 is 0 Å². The Morgan fingerprint density at radius 1 is 1.26 bits per heavy atom. The van der Waals surface area contributed by atoms with E-state index in [9.17, 15) is 4.79 Å². The molecule has 0 fully saturated rings. The molecule has 4 nitrogen and oxygen atoms in total. The molecule has 0 atom stereocenters. The van der Waals surface area contributed by atoms with Gasteiger partial charge in [0.05, 0.1) is 16.3 Å². The maximum atomic E-state index is 11.7. The Morgan fingerprint density at radius 3 is 2.58 bits per heavy atom. The van der Waals surface area contributed by atoms with Gasteiger partial charge < -0.3 is 4.57 Å². The van der Waals surface area contributed by atoms with Gasteiger partial charge in [0, 0.05) is 16.4 Å². The third kappa shape index (κ3) is 2.47. The molecule has 1 aromatic carbocycles. The summed E-state index contributed by atoms with van der Waals surface area (Å²) in [5.41, 5.74) is 5.00. The number of nitrogens with one attached hydrogen (secondary N) is 1. The number of hydrogen-bond donors (Lipinski definition) is 2. The van der Waals surface area contributed by atoms with Gasteiger partial charge in [0.1, 0.15) is 0 Å². The van der Waals surface area contributed by atoms with Gasteiger partial charge in [-0.2, -0.15) is 0 Å². The lowest BCUT2D eigenvalue weighted by Crippen LogP contribution is -2.30. The van der Waals surface area contributed by atoms with E-state index >= 15 is 0 Å². The average Bonchev–Trinajstić information content (AvgIpc) is 2.67. The maximum absolute atomic E-state index is 11.7. The fourth-order valence-corrected chi connectivity index (χ4v) is 2.47. The molecule has 100 valence electrons. The molecule has 1 amide bonds. The van der Waals surface area contributed by atoms with E-state index in [2.05, 4.69) is 5.43 Å². The predicted molar refractivity (Wildman–Crippen MR) is 76.9 cm³/mol. The summed E-state index contributed by atoms with van der Waals surface area (Å²) in [6, 6.07) is 6.96. The highest BCUT2D eigenvalue weighted by Crippen LogP contribution is 2.28. The molecule has 19 heavy (non-hydrogen) atoms. The largest absolute Gasteiger partial charge is 0.316 e. The zero-order valence-electron chi connectivity index (χ0n) is 10.5. The lowest BCUT2D eigenvalue weighted by molar-refractivity contribution is 0.0953. The number of amides is 1. The van der Waals surface area contributed by atoms with Gasteiger partial charge in [-0.05, 0) is 38.1 Å². The summed E-state index contributed by atoms with van der Waals surface area (Å²) in [4.78, 5) is 11.7. The lowest BCUT2D eigenvalue weighted by Gasteiger charge is -2.12. The van der Waals surface area contributed by atoms with Gasteiger partial charge in [0.25, 0.3) is 5.91 Å². The molecule has 0 saturated heterocycles. The van der Waals surface area contributed by atoms with Gasteiger partial charge in [-0.15, -0.1) is 0 Å². The van der Waals surface area contributed by atoms with Crippen LogP contribution in [0, 0.1) is 13.8 Å². The Morgan fingerprint density at radius 2 is 1.95 bits per heavy atom. The summed E-state index contributed by atoms with van der Waals surface area (Å²) in [5, 5.41) is 1.14. The van der Waals surface area contributed by atoms with Crippen LogP contribution in [0.15, 0.2) is 24.3 Å². The van der Waals surface area contributed by atoms with Crippen LogP contribution in [0.5, 0.6) is 0 Å². The number of hydrogen-bond acceptors (Lipinski definition) is 2. The van der Waals surface area contributed by atoms with Crippen molar-refractivity contribution < 1.29 is 4.79 Å². The number of halogens is 2. The number of carbonyl (C=O) groups excluding carboxylic acids is 1. The standard InChI is InChI=1S/C13H13Cl2N3O/c1-7-5-10(13(19)17-16)8(2)18(7)12-6-9(14)3-4-11(12)15/h3-6H,16H2,1-2H3,(H,17,19). The molecule has 0 bridgehead atoms. The molecule has 0 saturated carbocycles. The zero-order valence-corrected chi connectivity index (χ0v) is 12.0. The van der Waals surface area contributed by atoms with Gasteiger partial charge in [-0.1, -0.05) is 23.2 Å². The highest BCUT2D eigenvalue weighted by molar-refractivity contribution is 6.34. The molecule has 1 aromatic heterocycles. The number of nitrogen functional groups attached to an aromatic ring is 1. The SMILES string of the molecule is Cc1cc(C(=O)NN)c(C)n1-c1cc(Cl)ccc1Cl. The van der Waals surface area contributed by atoms with Crippen LogP contribution in [0.2, 0.25) is 10.0 Å². The van der Waals surface area contributed by atoms with Crippen molar-refractivity contribution in [3.63, 3.8) is 0 Å². The molecule has 0 radical (unpaired) electrons. The monoisotopic (exact) mass is 297 g/mol. The van der Waals surface area contributed by atoms with Crippen LogP contribution < -0.4 is 11.3 Å². The Kier molecular flexibility index (Phi) is 3.85. The summed E-state index contributed by atoms with van der Waals surface area (Å²) in [7, 11) is 0. The number of aromatic nitrogens is 1. The highest BCUT2D eigenvalue weighted by Gasteiger charge is 2.17. The number of rotatable bonds is 2. The van der Waals surface area contributed by atoms with E-state index in [0.717, 1.165) is 17.1 Å². The van der Waals surface area contributed by atoms with Crippen LogP contribution in [0.25, 0.3) is 5.69 Å². The number of hydrazine groups is 1. The summed E-state index contributed by atoms with van der Waals surface area (Å²) >= 11 is 12.2. The van der Waals surface area contributed by atoms with Gasteiger partial charge in [-0.3, -0.25) is 10.2 Å². The number of carbonyl (C=O) groups is 1. The van der Waals surface area contributed by atoms with E-state index in [1.807, 2.05) is 18.4 Å². The predicted octanol–water partition coefficient (Wildman–Crippen LogP) is 3.00. The van der Waals surface area contributed by atoms with Crippen LogP contribution in [0.3, 0.4) is 0 Å². The molecule has 3 N–H and O–H groups in total. The fourth-order valence-electron chi connectivity index (χ4n) is 2.10. The second kappa shape index (κ2) is 5.25. The van der Waals surface area contributed by atoms with Crippen LogP contribution in [0.1, 0.15) is 21.7 Å². The zero-order chi connectivity index (χ0) is 14.2. The molecule has 0 unspecified atom stereocenters. The lowest BCUT2D eigenvalue weighted by atomic mass is 10.2. The highest BCUT2D eigenvalue weighted by atomic mass is 35.5. The van der Waals surface area contributed by atoms with Crippen molar-refractivity contribution >= 4 is 29.1 Å². The Hall–Kier alpha value is -1.49. The molecular weight excluding hydrogens is 285 g/mol. The molecule has 2 aromatic rings. The van der Waals surface area contributed by atoms with Gasteiger partial charge in [-0.25, -0.2) is 5.84 Å². The Labute approximate surface area is 121 Å². The average molecular weight is 298 g/mol. The van der Waals surface area contributed by atoms with Crippen LogP contribution in [-0.2, 0) is 0 Å². The first-order valence-corrected chi connectivity index (χ1v) is 6.36. The van der Waals surface area contributed by atoms with Crippen molar-refractivity contribution in [2.75, 3.05) is 0 Å². The molecule has 0 aliphatic rings. The minimum absolute atomic E-state index is 0.336. The quantitative estimate of drug-likeness (QED) is 0.508. The van der Waals surface area contributed by atoms with Crippen molar-refractivity contribution in [1.82, 2.24) is 9.99 Å². The number of aryl methyl sites for hydroxylation is 1. The smallest absolute Gasteiger partial charge is 0.267 e. The molecular formula is C13H13Cl2N3O. The number of nitrogens with zero attached hydrogens (tertiary/aromatic N) is 1. The van der Waals surface area contributed by atoms with Crippen LogP contribution in [-0.4, -0.2) is 10.5 Å². The molecule has 0 aliphatic carbocycles. The van der Waals surface area contributed by atoms with Gasteiger partial charge >= 0.3 is 0 Å². The van der Waals surface area contributed by atoms with E-state index in [4.69, 9.17) is 29.0 Å². The summed E-state index contributed by atoms with van der Waals surface area (Å²) in [6.07, 6.45) is 0. The van der Waals surface area contributed by atoms with E-state index in [0.29, 0.717) is 15.6 Å². The van der Waals surface area contributed by atoms with E-state index in [1.54, 1.807) is 24.3 Å². The topological polar surface area (TPSA) is 60.1 Å². The van der Waals surface area contributed by atoms with Crippen molar-refractivity contribution in [1.29, 1.82) is 0 Å². The number of benzene rings is 1. The van der Waals surface area contributed by atoms with Crippen LogP contribution >= 0.6 is 23.2 Å². The second-order valence-electron chi connectivity index (χ2n) is 4.19. The maximum Gasteiger partial charge on any atom is 0.267 e. The summed E-state index contributed by atoms with van der Waals surface area (Å²) in [5.74, 6) is 4.83. The normalized spacial score (nSPS) is 10.6. The van der Waals surface area contributed by atoms with Crippen molar-refractivity contribution in [3.05, 3.63) is 51.3 Å². The number of nitrogens with two attached hydrogens (primary N) is 1. The third-order valence-electron chi connectivity index (χ3n) is 2.96. The molecule has 1 heterocycles. The molecule has 0 aliphatic heterocycles. The Balaban J connectivity index is 2.66. The first kappa shape index (κ1) is 13.9. The molecule has 0 spiro atoms. The minimum Gasteiger partial charge on any atom is -0.316 e. The van der Waals surface area contributed by atoms with Crippen molar-refractivity contribution in [3.8, 4) is 5.69 Å². The molecule has 6 heteroatoms. The first-order chi connectivity index (χ1) is 8.95.